The van der Waals surface area contributed by atoms with E-state index in [4.69, 9.17) is 5.73 Å². The minimum atomic E-state index is -4.77. The molecule has 4 N–H and O–H groups in total. The Labute approximate surface area is 223 Å². The fourth-order valence-electron chi connectivity index (χ4n) is 4.93. The average Bonchev–Trinajstić information content (AvgIpc) is 3.47. The average molecular weight is 549 g/mol. The standard InChI is InChI=1S/C27H19F4N7O2/c1-26(14-6-7-15(19(39)11-14)27(29,30)31)20-21(32)35-22(36-23(20)37-25(26)40)18-12-38-9-8-33-24(38)17(34-18)10-13-4-2-3-5-16(13)28/h2-9,11-12,39H,10H2,1H3,(H3,32,35,36,37,40)/t26-/m0/s1. The molecule has 0 fully saturated rings. The summed E-state index contributed by atoms with van der Waals surface area (Å²) >= 11 is 0. The fourth-order valence-corrected chi connectivity index (χ4v) is 4.93. The fraction of sp³-hybridized carbons (Fsp3) is 0.148. The lowest BCUT2D eigenvalue weighted by Gasteiger charge is -2.24. The van der Waals surface area contributed by atoms with E-state index >= 15 is 0 Å². The number of imidazole rings is 1. The molecule has 0 saturated heterocycles. The second-order valence-corrected chi connectivity index (χ2v) is 9.46. The topological polar surface area (TPSA) is 131 Å². The van der Waals surface area contributed by atoms with Crippen LogP contribution in [0.15, 0.2) is 61.1 Å². The molecule has 1 amide bonds. The summed E-state index contributed by atoms with van der Waals surface area (Å²) in [5, 5.41) is 12.7. The quantitative estimate of drug-likeness (QED) is 0.282. The van der Waals surface area contributed by atoms with E-state index in [9.17, 15) is 27.5 Å². The number of anilines is 2. The maximum absolute atomic E-state index is 14.4. The van der Waals surface area contributed by atoms with Gasteiger partial charge in [0.2, 0.25) is 5.91 Å². The van der Waals surface area contributed by atoms with Gasteiger partial charge in [-0.05, 0) is 36.2 Å². The van der Waals surface area contributed by atoms with Crippen molar-refractivity contribution in [1.82, 2.24) is 24.3 Å². The number of aromatic nitrogens is 5. The van der Waals surface area contributed by atoms with Gasteiger partial charge in [-0.2, -0.15) is 13.2 Å². The number of carbonyl (C=O) groups is 1. The van der Waals surface area contributed by atoms with Gasteiger partial charge in [-0.1, -0.05) is 24.3 Å². The van der Waals surface area contributed by atoms with Crippen LogP contribution in [0.1, 0.15) is 34.9 Å². The van der Waals surface area contributed by atoms with Crippen molar-refractivity contribution in [3.8, 4) is 17.3 Å². The molecule has 2 aromatic carbocycles. The summed E-state index contributed by atoms with van der Waals surface area (Å²) in [7, 11) is 0. The molecule has 6 rings (SSSR count). The summed E-state index contributed by atoms with van der Waals surface area (Å²) in [5.41, 5.74) is 5.35. The minimum absolute atomic E-state index is 0.0533. The van der Waals surface area contributed by atoms with Crippen LogP contribution in [0.4, 0.5) is 29.2 Å². The number of phenols is 1. The van der Waals surface area contributed by atoms with Crippen molar-refractivity contribution in [2.24, 2.45) is 0 Å². The number of hydrogen-bond donors (Lipinski definition) is 3. The Kier molecular flexibility index (Phi) is 5.50. The third kappa shape index (κ3) is 3.89. The molecule has 0 spiro atoms. The minimum Gasteiger partial charge on any atom is -0.507 e. The molecule has 4 heterocycles. The zero-order valence-corrected chi connectivity index (χ0v) is 20.7. The molecule has 0 radical (unpaired) electrons. The summed E-state index contributed by atoms with van der Waals surface area (Å²) in [4.78, 5) is 30.9. The Morgan fingerprint density at radius 1 is 1.12 bits per heavy atom. The molecule has 0 bridgehead atoms. The SMILES string of the molecule is C[C@@]1(c2ccc(C(F)(F)F)c(O)c2)C(=O)Nc2nc(-c3cn4ccnc4c(Cc4ccccc4F)n3)nc(N)c21. The summed E-state index contributed by atoms with van der Waals surface area (Å²) in [6, 6.07) is 8.98. The Bertz CT molecular complexity index is 1840. The van der Waals surface area contributed by atoms with Crippen molar-refractivity contribution < 1.29 is 27.5 Å². The van der Waals surface area contributed by atoms with E-state index in [2.05, 4.69) is 25.3 Å². The van der Waals surface area contributed by atoms with E-state index in [1.54, 1.807) is 41.2 Å². The molecule has 1 atom stereocenters. The third-order valence-electron chi connectivity index (χ3n) is 6.99. The van der Waals surface area contributed by atoms with Crippen LogP contribution in [-0.4, -0.2) is 35.4 Å². The largest absolute Gasteiger partial charge is 0.507 e. The number of benzene rings is 2. The lowest BCUT2D eigenvalue weighted by Crippen LogP contribution is -2.33. The highest BCUT2D eigenvalue weighted by Crippen LogP contribution is 2.47. The molecule has 0 unspecified atom stereocenters. The van der Waals surface area contributed by atoms with Crippen LogP contribution < -0.4 is 11.1 Å². The highest BCUT2D eigenvalue weighted by Gasteiger charge is 2.48. The lowest BCUT2D eigenvalue weighted by molar-refractivity contribution is -0.138. The first-order valence-corrected chi connectivity index (χ1v) is 11.9. The van der Waals surface area contributed by atoms with Crippen molar-refractivity contribution in [1.29, 1.82) is 0 Å². The van der Waals surface area contributed by atoms with Gasteiger partial charge < -0.3 is 20.6 Å². The number of halogens is 4. The van der Waals surface area contributed by atoms with E-state index in [0.717, 1.165) is 12.1 Å². The molecule has 0 saturated carbocycles. The predicted molar refractivity (Wildman–Crippen MR) is 136 cm³/mol. The number of hydrogen-bond acceptors (Lipinski definition) is 7. The van der Waals surface area contributed by atoms with E-state index in [0.29, 0.717) is 23.0 Å². The normalized spacial score (nSPS) is 16.8. The molecule has 13 heteroatoms. The number of rotatable bonds is 4. The number of nitrogens with one attached hydrogen (secondary N) is 1. The molecule has 0 aliphatic carbocycles. The molecule has 1 aliphatic heterocycles. The van der Waals surface area contributed by atoms with Gasteiger partial charge in [0, 0.05) is 25.0 Å². The highest BCUT2D eigenvalue weighted by atomic mass is 19.4. The Morgan fingerprint density at radius 3 is 2.62 bits per heavy atom. The first-order chi connectivity index (χ1) is 19.0. The lowest BCUT2D eigenvalue weighted by atomic mass is 9.77. The van der Waals surface area contributed by atoms with Gasteiger partial charge in [-0.3, -0.25) is 4.79 Å². The number of nitrogens with two attached hydrogens (primary N) is 1. The number of amides is 1. The zero-order chi connectivity index (χ0) is 28.4. The Balaban J connectivity index is 1.44. The number of nitrogens with zero attached hydrogens (tertiary/aromatic N) is 5. The van der Waals surface area contributed by atoms with Crippen LogP contribution in [-0.2, 0) is 22.8 Å². The van der Waals surface area contributed by atoms with Crippen LogP contribution in [0.25, 0.3) is 17.2 Å². The number of fused-ring (bicyclic) bond motifs is 2. The number of nitrogen functional groups attached to an aromatic ring is 1. The van der Waals surface area contributed by atoms with Gasteiger partial charge in [0.05, 0.1) is 16.8 Å². The maximum atomic E-state index is 14.4. The first kappa shape index (κ1) is 25.2. The molecule has 40 heavy (non-hydrogen) atoms. The maximum Gasteiger partial charge on any atom is 0.419 e. The number of phenolic OH excluding ortho intramolecular Hbond substituents is 1. The van der Waals surface area contributed by atoms with Crippen molar-refractivity contribution in [3.05, 3.63) is 94.8 Å². The molecule has 3 aromatic heterocycles. The van der Waals surface area contributed by atoms with Gasteiger partial charge in [-0.15, -0.1) is 0 Å². The summed E-state index contributed by atoms with van der Waals surface area (Å²) in [6.45, 7) is 1.46. The monoisotopic (exact) mass is 549 g/mol. The van der Waals surface area contributed by atoms with Crippen LogP contribution in [0.3, 0.4) is 0 Å². The van der Waals surface area contributed by atoms with Gasteiger partial charge in [0.1, 0.15) is 34.3 Å². The Morgan fingerprint density at radius 2 is 1.90 bits per heavy atom. The molecule has 9 nitrogen and oxygen atoms in total. The zero-order valence-electron chi connectivity index (χ0n) is 20.7. The van der Waals surface area contributed by atoms with E-state index in [1.165, 1.54) is 13.0 Å². The van der Waals surface area contributed by atoms with Gasteiger partial charge >= 0.3 is 6.18 Å². The van der Waals surface area contributed by atoms with Gasteiger partial charge in [0.25, 0.3) is 0 Å². The smallest absolute Gasteiger partial charge is 0.419 e. The second-order valence-electron chi connectivity index (χ2n) is 9.46. The second kappa shape index (κ2) is 8.73. The molecular formula is C27H19F4N7O2. The van der Waals surface area contributed by atoms with Crippen molar-refractivity contribution in [2.45, 2.75) is 24.9 Å². The number of carbonyl (C=O) groups excluding carboxylic acids is 1. The highest BCUT2D eigenvalue weighted by molar-refractivity contribution is 6.09. The molecule has 1 aliphatic rings. The molecular weight excluding hydrogens is 530 g/mol. The summed E-state index contributed by atoms with van der Waals surface area (Å²) in [6.07, 6.45) is 0.212. The summed E-state index contributed by atoms with van der Waals surface area (Å²) < 4.78 is 55.6. The van der Waals surface area contributed by atoms with Crippen molar-refractivity contribution in [3.63, 3.8) is 0 Å². The van der Waals surface area contributed by atoms with Crippen LogP contribution in [0.2, 0.25) is 0 Å². The number of alkyl halides is 3. The van der Waals surface area contributed by atoms with Gasteiger partial charge in [0.15, 0.2) is 11.5 Å². The summed E-state index contributed by atoms with van der Waals surface area (Å²) in [5.74, 6) is -2.03. The van der Waals surface area contributed by atoms with Crippen molar-refractivity contribution >= 4 is 23.2 Å². The van der Waals surface area contributed by atoms with E-state index in [1.807, 2.05) is 0 Å². The van der Waals surface area contributed by atoms with E-state index < -0.39 is 34.6 Å². The third-order valence-corrected chi connectivity index (χ3v) is 6.99. The van der Waals surface area contributed by atoms with Crippen LogP contribution in [0.5, 0.6) is 5.75 Å². The molecule has 202 valence electrons. The molecule has 5 aromatic rings. The van der Waals surface area contributed by atoms with Crippen molar-refractivity contribution in [2.75, 3.05) is 11.1 Å². The van der Waals surface area contributed by atoms with Gasteiger partial charge in [-0.25, -0.2) is 24.3 Å². The first-order valence-electron chi connectivity index (χ1n) is 11.9. The number of aromatic hydroxyl groups is 1. The van der Waals surface area contributed by atoms with E-state index in [-0.39, 0.29) is 40.7 Å². The van der Waals surface area contributed by atoms with Crippen LogP contribution in [0, 0.1) is 5.82 Å². The van der Waals surface area contributed by atoms with Crippen LogP contribution >= 0.6 is 0 Å². The Hall–Kier alpha value is -5.07. The predicted octanol–water partition coefficient (Wildman–Crippen LogP) is 4.48.